The fourth-order valence-electron chi connectivity index (χ4n) is 4.32. The number of nitrogens with zero attached hydrogens (tertiary/aromatic N) is 1. The Morgan fingerprint density at radius 3 is 2.53 bits per heavy atom. The number of rotatable bonds is 4. The molecule has 1 N–H and O–H groups in total. The maximum atomic E-state index is 13.6. The molecule has 3 aromatic carbocycles. The highest BCUT2D eigenvalue weighted by atomic mass is 19.4. The summed E-state index contributed by atoms with van der Waals surface area (Å²) in [5, 5.41) is 0. The molecular weight excluding hydrogens is 421 g/mol. The number of fused-ring (bicyclic) bond motifs is 2. The second-order valence-electron chi connectivity index (χ2n) is 7.74. The number of oxazole rings is 1. The first-order valence-corrected chi connectivity index (χ1v) is 9.98. The third-order valence-corrected chi connectivity index (χ3v) is 5.76. The SMILES string of the molecule is O=C1c2ccccc2C(Cc2ccccc2C(F)(F)F)N1Cc1ccc2[nH]c(=O)oc2c1. The van der Waals surface area contributed by atoms with Crippen LogP contribution in [0.4, 0.5) is 13.2 Å². The smallest absolute Gasteiger partial charge is 0.408 e. The van der Waals surface area contributed by atoms with Gasteiger partial charge in [-0.1, -0.05) is 42.5 Å². The lowest BCUT2D eigenvalue weighted by molar-refractivity contribution is -0.138. The summed E-state index contributed by atoms with van der Waals surface area (Å²) in [6.07, 6.45) is -4.46. The largest absolute Gasteiger partial charge is 0.417 e. The summed E-state index contributed by atoms with van der Waals surface area (Å²) in [5.74, 6) is -0.825. The van der Waals surface area contributed by atoms with Crippen LogP contribution in [0.5, 0.6) is 0 Å². The fourth-order valence-corrected chi connectivity index (χ4v) is 4.32. The van der Waals surface area contributed by atoms with Gasteiger partial charge in [0, 0.05) is 12.1 Å². The Morgan fingerprint density at radius 1 is 0.969 bits per heavy atom. The van der Waals surface area contributed by atoms with E-state index in [2.05, 4.69) is 4.98 Å². The minimum Gasteiger partial charge on any atom is -0.408 e. The Balaban J connectivity index is 1.54. The van der Waals surface area contributed by atoms with E-state index in [0.29, 0.717) is 27.8 Å². The van der Waals surface area contributed by atoms with E-state index >= 15 is 0 Å². The van der Waals surface area contributed by atoms with Gasteiger partial charge in [0.2, 0.25) is 0 Å². The van der Waals surface area contributed by atoms with Crippen LogP contribution >= 0.6 is 0 Å². The van der Waals surface area contributed by atoms with E-state index in [1.54, 1.807) is 53.4 Å². The van der Waals surface area contributed by atoms with Crippen molar-refractivity contribution in [3.05, 3.63) is 105 Å². The van der Waals surface area contributed by atoms with Gasteiger partial charge in [-0.3, -0.25) is 9.78 Å². The molecule has 2 heterocycles. The summed E-state index contributed by atoms with van der Waals surface area (Å²) >= 11 is 0. The first-order valence-electron chi connectivity index (χ1n) is 9.98. The highest BCUT2D eigenvalue weighted by Crippen LogP contribution is 2.40. The molecular formula is C24H17F3N2O3. The third kappa shape index (κ3) is 3.47. The third-order valence-electron chi connectivity index (χ3n) is 5.76. The van der Waals surface area contributed by atoms with Crippen LogP contribution in [0, 0.1) is 0 Å². The van der Waals surface area contributed by atoms with Crippen molar-refractivity contribution in [1.82, 2.24) is 9.88 Å². The Labute approximate surface area is 180 Å². The highest BCUT2D eigenvalue weighted by molar-refractivity contribution is 5.99. The van der Waals surface area contributed by atoms with E-state index in [0.717, 1.165) is 6.07 Å². The maximum Gasteiger partial charge on any atom is 0.417 e. The first kappa shape index (κ1) is 20.1. The molecule has 1 atom stereocenters. The normalized spacial score (nSPS) is 16.0. The van der Waals surface area contributed by atoms with Crippen molar-refractivity contribution in [3.63, 3.8) is 0 Å². The second kappa shape index (κ2) is 7.40. The molecule has 8 heteroatoms. The van der Waals surface area contributed by atoms with E-state index in [9.17, 15) is 22.8 Å². The summed E-state index contributed by atoms with van der Waals surface area (Å²) < 4.78 is 45.8. The number of halogens is 3. The summed E-state index contributed by atoms with van der Waals surface area (Å²) in [4.78, 5) is 28.7. The maximum absolute atomic E-state index is 13.6. The van der Waals surface area contributed by atoms with Crippen LogP contribution in [0.15, 0.2) is 75.9 Å². The Morgan fingerprint density at radius 2 is 1.72 bits per heavy atom. The summed E-state index contributed by atoms with van der Waals surface area (Å²) in [6.45, 7) is 0.164. The van der Waals surface area contributed by atoms with Gasteiger partial charge in [-0.05, 0) is 47.4 Å². The van der Waals surface area contributed by atoms with Crippen molar-refractivity contribution < 1.29 is 22.4 Å². The molecule has 0 fully saturated rings. The van der Waals surface area contributed by atoms with Crippen LogP contribution in [-0.4, -0.2) is 15.8 Å². The van der Waals surface area contributed by atoms with E-state index in [1.807, 2.05) is 0 Å². The van der Waals surface area contributed by atoms with Crippen molar-refractivity contribution in [2.45, 2.75) is 25.2 Å². The number of H-pyrrole nitrogens is 1. The van der Waals surface area contributed by atoms with Crippen LogP contribution in [-0.2, 0) is 19.1 Å². The van der Waals surface area contributed by atoms with Gasteiger partial charge in [0.05, 0.1) is 17.1 Å². The van der Waals surface area contributed by atoms with Gasteiger partial charge in [-0.2, -0.15) is 13.2 Å². The monoisotopic (exact) mass is 438 g/mol. The Hall–Kier alpha value is -3.81. The molecule has 32 heavy (non-hydrogen) atoms. The average molecular weight is 438 g/mol. The minimum atomic E-state index is -4.49. The number of carbonyl (C=O) groups is 1. The lowest BCUT2D eigenvalue weighted by atomic mass is 9.95. The zero-order valence-electron chi connectivity index (χ0n) is 16.6. The van der Waals surface area contributed by atoms with E-state index in [1.165, 1.54) is 12.1 Å². The molecule has 0 bridgehead atoms. The number of carbonyl (C=O) groups excluding carboxylic acids is 1. The molecule has 1 unspecified atom stereocenters. The number of nitrogens with one attached hydrogen (secondary N) is 1. The zero-order chi connectivity index (χ0) is 22.5. The molecule has 4 aromatic rings. The molecule has 0 saturated carbocycles. The van der Waals surface area contributed by atoms with E-state index in [4.69, 9.17) is 4.42 Å². The van der Waals surface area contributed by atoms with E-state index < -0.39 is 23.5 Å². The van der Waals surface area contributed by atoms with Gasteiger partial charge < -0.3 is 9.32 Å². The lowest BCUT2D eigenvalue weighted by Crippen LogP contribution is -2.29. The van der Waals surface area contributed by atoms with Crippen molar-refractivity contribution in [3.8, 4) is 0 Å². The van der Waals surface area contributed by atoms with Gasteiger partial charge in [-0.25, -0.2) is 4.79 Å². The number of benzene rings is 3. The second-order valence-corrected chi connectivity index (χ2v) is 7.74. The standard InChI is InChI=1S/C24H17F3N2O3/c25-24(26,27)18-8-4-1-5-15(18)12-20-16-6-2-3-7-17(16)22(30)29(20)13-14-9-10-19-21(11-14)32-23(31)28-19/h1-11,20H,12-13H2,(H,28,31). The molecule has 1 aliphatic rings. The van der Waals surface area contributed by atoms with Crippen molar-refractivity contribution in [2.24, 2.45) is 0 Å². The summed E-state index contributed by atoms with van der Waals surface area (Å²) in [5.41, 5.74) is 2.20. The predicted octanol–water partition coefficient (Wildman–Crippen LogP) is 5.08. The molecule has 0 radical (unpaired) electrons. The first-order chi connectivity index (χ1) is 15.3. The van der Waals surface area contributed by atoms with Gasteiger partial charge in [0.25, 0.3) is 5.91 Å². The number of alkyl halides is 3. The van der Waals surface area contributed by atoms with Crippen molar-refractivity contribution >= 4 is 17.0 Å². The van der Waals surface area contributed by atoms with Crippen molar-refractivity contribution in [2.75, 3.05) is 0 Å². The molecule has 162 valence electrons. The summed E-state index contributed by atoms with van der Waals surface area (Å²) in [6, 6.07) is 17.0. The minimum absolute atomic E-state index is 0.0277. The number of amides is 1. The lowest BCUT2D eigenvalue weighted by Gasteiger charge is -2.27. The molecule has 5 rings (SSSR count). The molecule has 0 spiro atoms. The topological polar surface area (TPSA) is 66.3 Å². The number of aromatic nitrogens is 1. The summed E-state index contributed by atoms with van der Waals surface area (Å²) in [7, 11) is 0. The van der Waals surface area contributed by atoms with Crippen LogP contribution in [0.2, 0.25) is 0 Å². The molecule has 1 aliphatic heterocycles. The zero-order valence-corrected chi connectivity index (χ0v) is 16.6. The molecule has 5 nitrogen and oxygen atoms in total. The van der Waals surface area contributed by atoms with Crippen LogP contribution < -0.4 is 5.76 Å². The van der Waals surface area contributed by atoms with E-state index in [-0.39, 0.29) is 24.4 Å². The van der Waals surface area contributed by atoms with Crippen LogP contribution in [0.1, 0.15) is 38.7 Å². The fraction of sp³-hybridized carbons (Fsp3) is 0.167. The number of hydrogen-bond donors (Lipinski definition) is 1. The van der Waals surface area contributed by atoms with Gasteiger partial charge >= 0.3 is 11.9 Å². The highest BCUT2D eigenvalue weighted by Gasteiger charge is 2.39. The van der Waals surface area contributed by atoms with Gasteiger partial charge in [0.15, 0.2) is 5.58 Å². The van der Waals surface area contributed by atoms with Gasteiger partial charge in [0.1, 0.15) is 0 Å². The number of hydrogen-bond acceptors (Lipinski definition) is 3. The molecule has 0 saturated heterocycles. The number of aromatic amines is 1. The Kier molecular flexibility index (Phi) is 4.65. The van der Waals surface area contributed by atoms with Crippen molar-refractivity contribution in [1.29, 1.82) is 0 Å². The Bertz CT molecular complexity index is 1390. The van der Waals surface area contributed by atoms with Crippen LogP contribution in [0.3, 0.4) is 0 Å². The quantitative estimate of drug-likeness (QED) is 0.483. The molecule has 1 amide bonds. The predicted molar refractivity (Wildman–Crippen MR) is 111 cm³/mol. The molecule has 0 aliphatic carbocycles. The molecule has 1 aromatic heterocycles. The van der Waals surface area contributed by atoms with Gasteiger partial charge in [-0.15, -0.1) is 0 Å². The van der Waals surface area contributed by atoms with Crippen LogP contribution in [0.25, 0.3) is 11.1 Å². The average Bonchev–Trinajstić information content (AvgIpc) is 3.25.